The standard InChI is InChI=1S/C16H27N5O2.ClH/c1-12(2)16-18-15(19-23-16)13-4-3-8-20(13)9-5-14(22)21-10-6-17-7-11-21;/h12-13,17H,3-11H2,1-2H3;1H. The number of carbonyl (C=O) groups excluding carboxylic acids is 1. The Kier molecular flexibility index (Phi) is 7.01. The first-order valence-corrected chi connectivity index (χ1v) is 8.71. The SMILES string of the molecule is CC(C)c1nc(C2CCCN2CCC(=O)N2CCNCC2)no1.Cl. The molecule has 1 aromatic heterocycles. The maximum absolute atomic E-state index is 12.3. The molecule has 7 nitrogen and oxygen atoms in total. The molecule has 0 saturated carbocycles. The summed E-state index contributed by atoms with van der Waals surface area (Å²) in [6.07, 6.45) is 2.74. The molecule has 8 heteroatoms. The maximum Gasteiger partial charge on any atom is 0.229 e. The molecule has 24 heavy (non-hydrogen) atoms. The lowest BCUT2D eigenvalue weighted by molar-refractivity contribution is -0.132. The van der Waals surface area contributed by atoms with Gasteiger partial charge in [-0.3, -0.25) is 9.69 Å². The highest BCUT2D eigenvalue weighted by Crippen LogP contribution is 2.30. The van der Waals surface area contributed by atoms with Gasteiger partial charge in [0, 0.05) is 45.1 Å². The number of hydrogen-bond acceptors (Lipinski definition) is 6. The fraction of sp³-hybridized carbons (Fsp3) is 0.812. The van der Waals surface area contributed by atoms with Crippen molar-refractivity contribution >= 4 is 18.3 Å². The number of halogens is 1. The van der Waals surface area contributed by atoms with E-state index in [0.717, 1.165) is 57.9 Å². The summed E-state index contributed by atoms with van der Waals surface area (Å²) >= 11 is 0. The van der Waals surface area contributed by atoms with Crippen LogP contribution in [0.5, 0.6) is 0 Å². The Morgan fingerprint density at radius 2 is 2.08 bits per heavy atom. The summed E-state index contributed by atoms with van der Waals surface area (Å²) in [4.78, 5) is 21.1. The summed E-state index contributed by atoms with van der Waals surface area (Å²) in [6, 6.07) is 0.196. The Morgan fingerprint density at radius 3 is 2.75 bits per heavy atom. The van der Waals surface area contributed by atoms with Crippen molar-refractivity contribution in [2.45, 2.75) is 45.1 Å². The van der Waals surface area contributed by atoms with Crippen LogP contribution >= 0.6 is 12.4 Å². The molecule has 3 rings (SSSR count). The number of amides is 1. The van der Waals surface area contributed by atoms with E-state index < -0.39 is 0 Å². The normalized spacial score (nSPS) is 22.0. The monoisotopic (exact) mass is 357 g/mol. The van der Waals surface area contributed by atoms with Crippen molar-refractivity contribution in [1.82, 2.24) is 25.3 Å². The number of rotatable bonds is 5. The number of aromatic nitrogens is 2. The van der Waals surface area contributed by atoms with Crippen LogP contribution in [-0.4, -0.2) is 65.1 Å². The zero-order valence-electron chi connectivity index (χ0n) is 14.5. The van der Waals surface area contributed by atoms with Crippen LogP contribution in [0.15, 0.2) is 4.52 Å². The van der Waals surface area contributed by atoms with Crippen LogP contribution in [0.3, 0.4) is 0 Å². The predicted octanol–water partition coefficient (Wildman–Crippen LogP) is 1.57. The molecule has 0 aliphatic carbocycles. The molecule has 1 N–H and O–H groups in total. The molecule has 1 atom stereocenters. The summed E-state index contributed by atoms with van der Waals surface area (Å²) in [6.45, 7) is 9.34. The first-order valence-electron chi connectivity index (χ1n) is 8.71. The Balaban J connectivity index is 0.00000208. The Morgan fingerprint density at radius 1 is 1.33 bits per heavy atom. The zero-order chi connectivity index (χ0) is 16.2. The van der Waals surface area contributed by atoms with E-state index in [1.54, 1.807) is 0 Å². The third-order valence-corrected chi connectivity index (χ3v) is 4.70. The largest absolute Gasteiger partial charge is 0.340 e. The Bertz CT molecular complexity index is 530. The van der Waals surface area contributed by atoms with Crippen molar-refractivity contribution in [3.8, 4) is 0 Å². The minimum atomic E-state index is 0. The first-order chi connectivity index (χ1) is 11.1. The van der Waals surface area contributed by atoms with E-state index >= 15 is 0 Å². The molecule has 2 saturated heterocycles. The van der Waals surface area contributed by atoms with Gasteiger partial charge in [0.05, 0.1) is 6.04 Å². The van der Waals surface area contributed by atoms with Crippen molar-refractivity contribution < 1.29 is 9.32 Å². The number of hydrogen-bond donors (Lipinski definition) is 1. The molecule has 1 unspecified atom stereocenters. The van der Waals surface area contributed by atoms with Crippen molar-refractivity contribution in [1.29, 1.82) is 0 Å². The Labute approximate surface area is 149 Å². The molecular formula is C16H28ClN5O2. The highest BCUT2D eigenvalue weighted by atomic mass is 35.5. The van der Waals surface area contributed by atoms with Crippen LogP contribution in [0.4, 0.5) is 0 Å². The third-order valence-electron chi connectivity index (χ3n) is 4.70. The highest BCUT2D eigenvalue weighted by Gasteiger charge is 2.30. The number of carbonyl (C=O) groups is 1. The molecule has 1 aromatic rings. The van der Waals surface area contributed by atoms with Gasteiger partial charge >= 0.3 is 0 Å². The minimum absolute atomic E-state index is 0. The van der Waals surface area contributed by atoms with Crippen LogP contribution in [0, 0.1) is 0 Å². The molecule has 0 spiro atoms. The summed E-state index contributed by atoms with van der Waals surface area (Å²) in [5.41, 5.74) is 0. The molecule has 0 radical (unpaired) electrons. The van der Waals surface area contributed by atoms with Gasteiger partial charge < -0.3 is 14.7 Å². The second-order valence-electron chi connectivity index (χ2n) is 6.72. The van der Waals surface area contributed by atoms with Crippen LogP contribution < -0.4 is 5.32 Å². The smallest absolute Gasteiger partial charge is 0.229 e. The molecule has 2 aliphatic rings. The average Bonchev–Trinajstić information content (AvgIpc) is 3.22. The lowest BCUT2D eigenvalue weighted by atomic mass is 10.2. The average molecular weight is 358 g/mol. The molecular weight excluding hydrogens is 330 g/mol. The Hall–Kier alpha value is -1.18. The van der Waals surface area contributed by atoms with Crippen LogP contribution in [0.1, 0.15) is 56.8 Å². The molecule has 2 fully saturated rings. The zero-order valence-corrected chi connectivity index (χ0v) is 15.3. The topological polar surface area (TPSA) is 74.5 Å². The molecule has 0 bridgehead atoms. The van der Waals surface area contributed by atoms with Gasteiger partial charge in [0.1, 0.15) is 0 Å². The van der Waals surface area contributed by atoms with E-state index in [0.29, 0.717) is 12.3 Å². The number of likely N-dealkylation sites (tertiary alicyclic amines) is 1. The van der Waals surface area contributed by atoms with Crippen molar-refractivity contribution in [2.75, 3.05) is 39.3 Å². The van der Waals surface area contributed by atoms with E-state index in [1.165, 1.54) is 0 Å². The van der Waals surface area contributed by atoms with Gasteiger partial charge in [-0.05, 0) is 19.4 Å². The lowest BCUT2D eigenvalue weighted by Crippen LogP contribution is -2.47. The second kappa shape index (κ2) is 8.78. The summed E-state index contributed by atoms with van der Waals surface area (Å²) in [7, 11) is 0. The molecule has 1 amide bonds. The number of nitrogens with one attached hydrogen (secondary N) is 1. The number of nitrogens with zero attached hydrogens (tertiary/aromatic N) is 4. The number of piperazine rings is 1. The van der Waals surface area contributed by atoms with E-state index in [4.69, 9.17) is 4.52 Å². The van der Waals surface area contributed by atoms with Gasteiger partial charge in [-0.2, -0.15) is 4.98 Å². The van der Waals surface area contributed by atoms with Crippen LogP contribution in [0.25, 0.3) is 0 Å². The summed E-state index contributed by atoms with van der Waals surface area (Å²) in [5, 5.41) is 7.43. The summed E-state index contributed by atoms with van der Waals surface area (Å²) < 4.78 is 5.34. The fourth-order valence-electron chi connectivity index (χ4n) is 3.31. The van der Waals surface area contributed by atoms with Crippen molar-refractivity contribution in [3.63, 3.8) is 0 Å². The molecule has 136 valence electrons. The first kappa shape index (κ1) is 19.1. The second-order valence-corrected chi connectivity index (χ2v) is 6.72. The fourth-order valence-corrected chi connectivity index (χ4v) is 3.31. The van der Waals surface area contributed by atoms with Gasteiger partial charge in [0.15, 0.2) is 5.82 Å². The van der Waals surface area contributed by atoms with E-state index in [1.807, 2.05) is 4.90 Å². The summed E-state index contributed by atoms with van der Waals surface area (Å²) in [5.74, 6) is 1.98. The molecule has 3 heterocycles. The predicted molar refractivity (Wildman–Crippen MR) is 93.2 cm³/mol. The molecule has 2 aliphatic heterocycles. The third kappa shape index (κ3) is 4.46. The minimum Gasteiger partial charge on any atom is -0.340 e. The quantitative estimate of drug-likeness (QED) is 0.862. The van der Waals surface area contributed by atoms with Crippen molar-refractivity contribution in [2.24, 2.45) is 0 Å². The molecule has 0 aromatic carbocycles. The van der Waals surface area contributed by atoms with Gasteiger partial charge in [-0.15, -0.1) is 12.4 Å². The van der Waals surface area contributed by atoms with Crippen LogP contribution in [-0.2, 0) is 4.79 Å². The van der Waals surface area contributed by atoms with E-state index in [2.05, 4.69) is 34.2 Å². The van der Waals surface area contributed by atoms with Gasteiger partial charge in [0.25, 0.3) is 0 Å². The van der Waals surface area contributed by atoms with Crippen LogP contribution in [0.2, 0.25) is 0 Å². The van der Waals surface area contributed by atoms with E-state index in [-0.39, 0.29) is 30.3 Å². The van der Waals surface area contributed by atoms with Gasteiger partial charge in [-0.25, -0.2) is 0 Å². The van der Waals surface area contributed by atoms with Gasteiger partial charge in [0.2, 0.25) is 11.8 Å². The van der Waals surface area contributed by atoms with Crippen molar-refractivity contribution in [3.05, 3.63) is 11.7 Å². The highest BCUT2D eigenvalue weighted by molar-refractivity contribution is 5.85. The lowest BCUT2D eigenvalue weighted by Gasteiger charge is -2.29. The van der Waals surface area contributed by atoms with E-state index in [9.17, 15) is 4.79 Å². The van der Waals surface area contributed by atoms with Gasteiger partial charge in [-0.1, -0.05) is 19.0 Å². The maximum atomic E-state index is 12.3.